The molecule has 9 heteroatoms. The van der Waals surface area contributed by atoms with E-state index in [9.17, 15) is 20.0 Å². The van der Waals surface area contributed by atoms with Crippen molar-refractivity contribution in [2.75, 3.05) is 5.88 Å². The molecule has 33 heavy (non-hydrogen) atoms. The van der Waals surface area contributed by atoms with Gasteiger partial charge in [-0.25, -0.2) is 9.28 Å². The molecule has 1 saturated heterocycles. The molecule has 0 aromatic rings. The molecule has 1 unspecified atom stereocenters. The number of hydrogen-bond donors (Lipinski definition) is 2. The number of Topliss-reactive ketones (excluding diaryl/α,β-unsaturated/α-hetero) is 1. The monoisotopic (exact) mass is 486 g/mol. The second-order valence-corrected chi connectivity index (χ2v) is 11.8. The summed E-state index contributed by atoms with van der Waals surface area (Å²) in [7, 11) is 0. The van der Waals surface area contributed by atoms with Crippen LogP contribution in [-0.2, 0) is 24.0 Å². The van der Waals surface area contributed by atoms with Crippen LogP contribution >= 0.6 is 11.6 Å². The molecule has 3 saturated carbocycles. The molecule has 2 N–H and O–H groups in total. The first-order chi connectivity index (χ1) is 15.3. The number of aliphatic hydroxyl groups is 1. The van der Waals surface area contributed by atoms with Gasteiger partial charge in [-0.15, -0.1) is 11.6 Å². The molecule has 0 aromatic heterocycles. The number of alkyl halides is 2. The van der Waals surface area contributed by atoms with Crippen molar-refractivity contribution in [1.82, 2.24) is 0 Å². The Morgan fingerprint density at radius 3 is 2.61 bits per heavy atom. The first kappa shape index (κ1) is 23.8. The van der Waals surface area contributed by atoms with Gasteiger partial charge in [0.05, 0.1) is 18.1 Å². The van der Waals surface area contributed by atoms with Gasteiger partial charge in [-0.3, -0.25) is 14.8 Å². The lowest BCUT2D eigenvalue weighted by atomic mass is 9.43. The van der Waals surface area contributed by atoms with Crippen LogP contribution in [-0.4, -0.2) is 63.2 Å². The summed E-state index contributed by atoms with van der Waals surface area (Å²) in [5.74, 6) is -2.93. The lowest BCUT2D eigenvalue weighted by molar-refractivity contribution is -0.306. The fourth-order valence-corrected chi connectivity index (χ4v) is 8.58. The zero-order valence-electron chi connectivity index (χ0n) is 19.4. The quantitative estimate of drug-likeness (QED) is 0.358. The van der Waals surface area contributed by atoms with Gasteiger partial charge in [0.1, 0.15) is 11.8 Å². The van der Waals surface area contributed by atoms with Crippen molar-refractivity contribution < 1.29 is 38.7 Å². The van der Waals surface area contributed by atoms with Gasteiger partial charge in [-0.05, 0) is 57.1 Å². The average Bonchev–Trinajstić information content (AvgIpc) is 3.15. The van der Waals surface area contributed by atoms with Crippen LogP contribution in [0.1, 0.15) is 59.8 Å². The van der Waals surface area contributed by atoms with E-state index >= 15 is 4.39 Å². The number of hydrogen-bond acceptors (Lipinski definition) is 7. The number of carbonyl (C=O) groups excluding carboxylic acids is 2. The van der Waals surface area contributed by atoms with Crippen LogP contribution in [0, 0.1) is 22.7 Å². The molecule has 0 radical (unpaired) electrons. The molecule has 0 bridgehead atoms. The first-order valence-corrected chi connectivity index (χ1v) is 12.2. The number of aliphatic hydroxyl groups excluding tert-OH is 1. The molecule has 0 spiro atoms. The number of halogens is 2. The molecule has 7 nitrogen and oxygen atoms in total. The summed E-state index contributed by atoms with van der Waals surface area (Å²) in [5, 5.41) is 21.2. The van der Waals surface area contributed by atoms with E-state index in [1.807, 2.05) is 6.92 Å². The van der Waals surface area contributed by atoms with Crippen LogP contribution in [0.25, 0.3) is 0 Å². The van der Waals surface area contributed by atoms with E-state index in [0.717, 1.165) is 0 Å². The minimum absolute atomic E-state index is 0.00923. The highest BCUT2D eigenvalue weighted by atomic mass is 35.5. The van der Waals surface area contributed by atoms with Crippen LogP contribution in [0.4, 0.5) is 4.39 Å². The second-order valence-electron chi connectivity index (χ2n) is 11.5. The molecule has 184 valence electrons. The first-order valence-electron chi connectivity index (χ1n) is 11.7. The van der Waals surface area contributed by atoms with Crippen molar-refractivity contribution in [3.05, 3.63) is 11.6 Å². The molecule has 0 amide bonds. The highest BCUT2D eigenvalue weighted by molar-refractivity contribution is 6.29. The van der Waals surface area contributed by atoms with E-state index in [2.05, 4.69) is 0 Å². The number of rotatable bonds is 3. The summed E-state index contributed by atoms with van der Waals surface area (Å²) in [6.07, 6.45) is -0.767. The predicted octanol–water partition coefficient (Wildman–Crippen LogP) is 3.36. The standard InChI is InChI=1S/C24H32ClFO7/c1-20(2)31-19-9-13-14-8-16(32-30)15-7-12(27)5-6-21(15,3)23(14,26)17(28)10-22(13,4)24(19,33-20)18(29)11-25/h7,13-14,16-17,19,28,30H,5-6,8-11H2,1-4H3/t13-,14-,16?,17-,19+,21-,22-,23-,24+/m0/s1. The van der Waals surface area contributed by atoms with Gasteiger partial charge in [-0.1, -0.05) is 13.8 Å². The topological polar surface area (TPSA) is 102 Å². The summed E-state index contributed by atoms with van der Waals surface area (Å²) in [5.41, 5.74) is -5.22. The van der Waals surface area contributed by atoms with Crippen LogP contribution in [0.5, 0.6) is 0 Å². The van der Waals surface area contributed by atoms with Crippen molar-refractivity contribution in [2.24, 2.45) is 22.7 Å². The van der Waals surface area contributed by atoms with E-state index in [1.54, 1.807) is 20.8 Å². The molecule has 9 atom stereocenters. The zero-order valence-corrected chi connectivity index (χ0v) is 20.2. The van der Waals surface area contributed by atoms with Gasteiger partial charge in [0, 0.05) is 23.2 Å². The Labute approximate surface area is 197 Å². The highest BCUT2D eigenvalue weighted by Crippen LogP contribution is 2.73. The Bertz CT molecular complexity index is 938. The third-order valence-electron chi connectivity index (χ3n) is 9.70. The van der Waals surface area contributed by atoms with Crippen LogP contribution in [0.2, 0.25) is 0 Å². The Morgan fingerprint density at radius 2 is 1.97 bits per heavy atom. The van der Waals surface area contributed by atoms with E-state index in [0.29, 0.717) is 12.0 Å². The Morgan fingerprint density at radius 1 is 1.27 bits per heavy atom. The van der Waals surface area contributed by atoms with Crippen LogP contribution in [0.15, 0.2) is 11.6 Å². The van der Waals surface area contributed by atoms with Gasteiger partial charge >= 0.3 is 0 Å². The number of ketones is 2. The van der Waals surface area contributed by atoms with Crippen molar-refractivity contribution >= 4 is 23.2 Å². The molecule has 1 aliphatic heterocycles. The summed E-state index contributed by atoms with van der Waals surface area (Å²) < 4.78 is 29.9. The van der Waals surface area contributed by atoms with Crippen molar-refractivity contribution in [2.45, 2.75) is 95.2 Å². The molecule has 1 heterocycles. The van der Waals surface area contributed by atoms with E-state index in [4.69, 9.17) is 26.0 Å². The Balaban J connectivity index is 1.66. The van der Waals surface area contributed by atoms with Crippen LogP contribution in [0.3, 0.4) is 0 Å². The maximum atomic E-state index is 17.4. The van der Waals surface area contributed by atoms with Crippen molar-refractivity contribution in [3.8, 4) is 0 Å². The third-order valence-corrected chi connectivity index (χ3v) is 9.94. The number of ether oxygens (including phenoxy) is 2. The smallest absolute Gasteiger partial charge is 0.182 e. The summed E-state index contributed by atoms with van der Waals surface area (Å²) in [4.78, 5) is 30.3. The molecule has 4 aliphatic carbocycles. The molecule has 4 fully saturated rings. The van der Waals surface area contributed by atoms with Crippen molar-refractivity contribution in [3.63, 3.8) is 0 Å². The third kappa shape index (κ3) is 2.68. The Kier molecular flexibility index (Phi) is 5.11. The average molecular weight is 487 g/mol. The fourth-order valence-electron chi connectivity index (χ4n) is 8.38. The highest BCUT2D eigenvalue weighted by Gasteiger charge is 2.80. The second kappa shape index (κ2) is 7.08. The fraction of sp³-hybridized carbons (Fsp3) is 0.833. The number of fused-ring (bicyclic) bond motifs is 7. The van der Waals surface area contributed by atoms with Crippen LogP contribution < -0.4 is 0 Å². The van der Waals surface area contributed by atoms with E-state index in [1.165, 1.54) is 6.08 Å². The van der Waals surface area contributed by atoms with E-state index < -0.39 is 58.0 Å². The molecular formula is C24H32ClFO7. The van der Waals surface area contributed by atoms with Gasteiger partial charge in [0.15, 0.2) is 23.0 Å². The predicted molar refractivity (Wildman–Crippen MR) is 115 cm³/mol. The Hall–Kier alpha value is -0.900. The molecule has 0 aromatic carbocycles. The normalized spacial score (nSPS) is 52.4. The van der Waals surface area contributed by atoms with Crippen molar-refractivity contribution in [1.29, 1.82) is 0 Å². The largest absolute Gasteiger partial charge is 0.390 e. The summed E-state index contributed by atoms with van der Waals surface area (Å²) in [6, 6.07) is 0. The summed E-state index contributed by atoms with van der Waals surface area (Å²) in [6.45, 7) is 7.04. The zero-order chi connectivity index (χ0) is 24.2. The van der Waals surface area contributed by atoms with Gasteiger partial charge in [0.2, 0.25) is 0 Å². The minimum Gasteiger partial charge on any atom is -0.390 e. The molecular weight excluding hydrogens is 455 g/mol. The molecule has 5 rings (SSSR count). The van der Waals surface area contributed by atoms with Gasteiger partial charge in [-0.2, -0.15) is 0 Å². The SMILES string of the molecule is CC1(C)O[C@@H]2C[C@H]3[C@@H]4CC(OO)C5=CC(=O)CC[C@]5(C)[C@@]4(F)[C@@H](O)C[C@]3(C)[C@]2(C(=O)CCl)O1. The van der Waals surface area contributed by atoms with Gasteiger partial charge in [0.25, 0.3) is 0 Å². The maximum absolute atomic E-state index is 17.4. The number of carbonyl (C=O) groups is 2. The lowest BCUT2D eigenvalue weighted by Crippen LogP contribution is -2.71. The van der Waals surface area contributed by atoms with E-state index in [-0.39, 0.29) is 43.1 Å². The maximum Gasteiger partial charge on any atom is 0.182 e. The summed E-state index contributed by atoms with van der Waals surface area (Å²) >= 11 is 6.04. The minimum atomic E-state index is -2.07. The molecule has 5 aliphatic rings. The van der Waals surface area contributed by atoms with Gasteiger partial charge < -0.3 is 14.6 Å². The lowest BCUT2D eigenvalue weighted by Gasteiger charge is -2.64.